The van der Waals surface area contributed by atoms with Crippen molar-refractivity contribution in [3.05, 3.63) is 65.9 Å². The number of aryl methyl sites for hydroxylation is 1. The van der Waals surface area contributed by atoms with E-state index < -0.39 is 5.97 Å². The van der Waals surface area contributed by atoms with Crippen molar-refractivity contribution in [3.63, 3.8) is 0 Å². The monoisotopic (exact) mass is 364 g/mol. The quantitative estimate of drug-likeness (QED) is 0.573. The Morgan fingerprint density at radius 1 is 1.07 bits per heavy atom. The van der Waals surface area contributed by atoms with Gasteiger partial charge in [0.2, 0.25) is 5.95 Å². The van der Waals surface area contributed by atoms with Crippen LogP contribution in [0.15, 0.2) is 54.6 Å². The zero-order valence-corrected chi connectivity index (χ0v) is 15.1. The molecular formula is C20H20N4O3. The zero-order valence-electron chi connectivity index (χ0n) is 15.1. The van der Waals surface area contributed by atoms with Crippen molar-refractivity contribution in [1.29, 1.82) is 0 Å². The predicted molar refractivity (Wildman–Crippen MR) is 104 cm³/mol. The van der Waals surface area contributed by atoms with E-state index in [1.807, 2.05) is 44.2 Å². The van der Waals surface area contributed by atoms with Crippen LogP contribution in [-0.4, -0.2) is 27.7 Å². The molecule has 0 aliphatic rings. The smallest absolute Gasteiger partial charge is 0.335 e. The van der Waals surface area contributed by atoms with Gasteiger partial charge in [-0.3, -0.25) is 0 Å². The number of anilines is 4. The molecule has 2 aromatic carbocycles. The van der Waals surface area contributed by atoms with Crippen LogP contribution >= 0.6 is 0 Å². The highest BCUT2D eigenvalue weighted by Gasteiger charge is 2.08. The summed E-state index contributed by atoms with van der Waals surface area (Å²) >= 11 is 0. The third-order valence-electron chi connectivity index (χ3n) is 3.69. The molecule has 3 aromatic rings. The van der Waals surface area contributed by atoms with Crippen molar-refractivity contribution >= 4 is 29.1 Å². The number of aromatic carboxylic acids is 1. The molecule has 0 saturated heterocycles. The SMILES string of the molecule is CCOc1ccccc1Nc1nc(C)cc(Nc2ccc(C(=O)O)cc2)n1. The van der Waals surface area contributed by atoms with E-state index in [2.05, 4.69) is 20.6 Å². The van der Waals surface area contributed by atoms with Gasteiger partial charge in [0.25, 0.3) is 0 Å². The maximum atomic E-state index is 10.9. The van der Waals surface area contributed by atoms with Crippen molar-refractivity contribution in [1.82, 2.24) is 9.97 Å². The van der Waals surface area contributed by atoms with Crippen molar-refractivity contribution in [2.45, 2.75) is 13.8 Å². The summed E-state index contributed by atoms with van der Waals surface area (Å²) in [5.74, 6) is 0.802. The molecule has 3 N–H and O–H groups in total. The van der Waals surface area contributed by atoms with E-state index in [0.717, 1.165) is 22.8 Å². The van der Waals surface area contributed by atoms with E-state index in [4.69, 9.17) is 9.84 Å². The first-order valence-corrected chi connectivity index (χ1v) is 8.50. The molecule has 1 heterocycles. The predicted octanol–water partition coefficient (Wildman–Crippen LogP) is 4.37. The number of carboxylic acids is 1. The molecular weight excluding hydrogens is 344 g/mol. The van der Waals surface area contributed by atoms with E-state index >= 15 is 0 Å². The van der Waals surface area contributed by atoms with Crippen LogP contribution in [0.4, 0.5) is 23.1 Å². The number of aromatic nitrogens is 2. The average Bonchev–Trinajstić information content (AvgIpc) is 2.63. The van der Waals surface area contributed by atoms with Gasteiger partial charge >= 0.3 is 5.97 Å². The molecule has 0 saturated carbocycles. The second-order valence-corrected chi connectivity index (χ2v) is 5.78. The van der Waals surface area contributed by atoms with Gasteiger partial charge in [-0.1, -0.05) is 12.1 Å². The number of nitrogens with one attached hydrogen (secondary N) is 2. The van der Waals surface area contributed by atoms with Gasteiger partial charge < -0.3 is 20.5 Å². The molecule has 0 amide bonds. The highest BCUT2D eigenvalue weighted by atomic mass is 16.5. The minimum Gasteiger partial charge on any atom is -0.492 e. The number of carbonyl (C=O) groups is 1. The lowest BCUT2D eigenvalue weighted by atomic mass is 10.2. The van der Waals surface area contributed by atoms with Crippen molar-refractivity contribution in [3.8, 4) is 5.75 Å². The van der Waals surface area contributed by atoms with Crippen LogP contribution < -0.4 is 15.4 Å². The number of nitrogens with zero attached hydrogens (tertiary/aromatic N) is 2. The Morgan fingerprint density at radius 3 is 2.52 bits per heavy atom. The third-order valence-corrected chi connectivity index (χ3v) is 3.69. The third kappa shape index (κ3) is 4.72. The van der Waals surface area contributed by atoms with E-state index in [-0.39, 0.29) is 5.56 Å². The largest absolute Gasteiger partial charge is 0.492 e. The molecule has 7 heteroatoms. The molecule has 3 rings (SSSR count). The first kappa shape index (κ1) is 18.2. The second-order valence-electron chi connectivity index (χ2n) is 5.78. The summed E-state index contributed by atoms with van der Waals surface area (Å²) in [5.41, 5.74) is 2.53. The van der Waals surface area contributed by atoms with Crippen molar-refractivity contribution in [2.24, 2.45) is 0 Å². The number of carboxylic acid groups (broad SMARTS) is 1. The van der Waals surface area contributed by atoms with Crippen LogP contribution in [0.3, 0.4) is 0 Å². The summed E-state index contributed by atoms with van der Waals surface area (Å²) in [7, 11) is 0. The Labute approximate surface area is 157 Å². The highest BCUT2D eigenvalue weighted by Crippen LogP contribution is 2.27. The summed E-state index contributed by atoms with van der Waals surface area (Å²) < 4.78 is 5.61. The van der Waals surface area contributed by atoms with Gasteiger partial charge in [0, 0.05) is 17.4 Å². The summed E-state index contributed by atoms with van der Waals surface area (Å²) in [6, 6.07) is 15.9. The number of hydrogen-bond donors (Lipinski definition) is 3. The van der Waals surface area contributed by atoms with Crippen LogP contribution in [0.5, 0.6) is 5.75 Å². The van der Waals surface area contributed by atoms with E-state index in [9.17, 15) is 4.79 Å². The average molecular weight is 364 g/mol. The van der Waals surface area contributed by atoms with Gasteiger partial charge in [-0.15, -0.1) is 0 Å². The van der Waals surface area contributed by atoms with Gasteiger partial charge in [-0.05, 0) is 50.2 Å². The molecule has 0 radical (unpaired) electrons. The van der Waals surface area contributed by atoms with E-state index in [1.165, 1.54) is 12.1 Å². The first-order valence-electron chi connectivity index (χ1n) is 8.50. The number of benzene rings is 2. The van der Waals surface area contributed by atoms with Crippen LogP contribution in [0.2, 0.25) is 0 Å². The molecule has 0 atom stereocenters. The van der Waals surface area contributed by atoms with Crippen molar-refractivity contribution < 1.29 is 14.6 Å². The molecule has 0 spiro atoms. The first-order chi connectivity index (χ1) is 13.0. The van der Waals surface area contributed by atoms with E-state index in [0.29, 0.717) is 18.4 Å². The fourth-order valence-electron chi connectivity index (χ4n) is 2.50. The molecule has 0 unspecified atom stereocenters. The van der Waals surface area contributed by atoms with Crippen LogP contribution in [0.25, 0.3) is 0 Å². The topological polar surface area (TPSA) is 96.4 Å². The lowest BCUT2D eigenvalue weighted by molar-refractivity contribution is 0.0697. The fourth-order valence-corrected chi connectivity index (χ4v) is 2.50. The molecule has 7 nitrogen and oxygen atoms in total. The Hall–Kier alpha value is -3.61. The fraction of sp³-hybridized carbons (Fsp3) is 0.150. The van der Waals surface area contributed by atoms with Gasteiger partial charge in [0.05, 0.1) is 17.9 Å². The Kier molecular flexibility index (Phi) is 5.51. The Balaban J connectivity index is 1.81. The zero-order chi connectivity index (χ0) is 19.2. The molecule has 27 heavy (non-hydrogen) atoms. The van der Waals surface area contributed by atoms with Crippen LogP contribution in [-0.2, 0) is 0 Å². The summed E-state index contributed by atoms with van der Waals surface area (Å²) in [6.45, 7) is 4.37. The molecule has 0 aliphatic carbocycles. The number of rotatable bonds is 7. The maximum absolute atomic E-state index is 10.9. The van der Waals surface area contributed by atoms with Gasteiger partial charge in [0.15, 0.2) is 0 Å². The van der Waals surface area contributed by atoms with Gasteiger partial charge in [0.1, 0.15) is 11.6 Å². The Morgan fingerprint density at radius 2 is 1.81 bits per heavy atom. The summed E-state index contributed by atoms with van der Waals surface area (Å²) in [6.07, 6.45) is 0. The number of para-hydroxylation sites is 2. The Bertz CT molecular complexity index is 942. The lowest BCUT2D eigenvalue weighted by Gasteiger charge is -2.13. The van der Waals surface area contributed by atoms with Crippen LogP contribution in [0, 0.1) is 6.92 Å². The highest BCUT2D eigenvalue weighted by molar-refractivity contribution is 5.88. The summed E-state index contributed by atoms with van der Waals surface area (Å²) in [4.78, 5) is 19.8. The van der Waals surface area contributed by atoms with Crippen LogP contribution in [0.1, 0.15) is 23.0 Å². The minimum atomic E-state index is -0.959. The lowest BCUT2D eigenvalue weighted by Crippen LogP contribution is -2.04. The van der Waals surface area contributed by atoms with Gasteiger partial charge in [-0.25, -0.2) is 9.78 Å². The molecule has 0 fully saturated rings. The summed E-state index contributed by atoms with van der Waals surface area (Å²) in [5, 5.41) is 15.3. The normalized spacial score (nSPS) is 10.3. The standard InChI is InChI=1S/C20H20N4O3/c1-3-27-17-7-5-4-6-16(17)23-20-21-13(2)12-18(24-20)22-15-10-8-14(9-11-15)19(25)26/h4-12H,3H2,1-2H3,(H,25,26)(H2,21,22,23,24). The maximum Gasteiger partial charge on any atom is 0.335 e. The number of hydrogen-bond acceptors (Lipinski definition) is 6. The van der Waals surface area contributed by atoms with Crippen molar-refractivity contribution in [2.75, 3.05) is 17.2 Å². The molecule has 0 aliphatic heterocycles. The molecule has 1 aromatic heterocycles. The second kappa shape index (κ2) is 8.18. The molecule has 0 bridgehead atoms. The molecule has 138 valence electrons. The van der Waals surface area contributed by atoms with E-state index in [1.54, 1.807) is 12.1 Å². The minimum absolute atomic E-state index is 0.231. The number of ether oxygens (including phenoxy) is 1. The van der Waals surface area contributed by atoms with Gasteiger partial charge in [-0.2, -0.15) is 4.98 Å².